The first-order chi connectivity index (χ1) is 21.6. The van der Waals surface area contributed by atoms with Crippen molar-refractivity contribution in [3.05, 3.63) is 46.4 Å². The van der Waals surface area contributed by atoms with Crippen LogP contribution in [0.25, 0.3) is 20.4 Å². The number of benzene rings is 2. The number of aromatic nitrogens is 2. The second kappa shape index (κ2) is 14.6. The summed E-state index contributed by atoms with van der Waals surface area (Å²) in [6, 6.07) is 9.61. The van der Waals surface area contributed by atoms with Gasteiger partial charge in [-0.15, -0.1) is 46.2 Å². The Balaban J connectivity index is 0.000000186. The topological polar surface area (TPSA) is 162 Å². The molecular formula is C29H29N5O7S4. The molecule has 12 nitrogen and oxygen atoms in total. The summed E-state index contributed by atoms with van der Waals surface area (Å²) in [6.45, 7) is 4.33. The zero-order chi connectivity index (χ0) is 32.1. The molecule has 6 rings (SSSR count). The van der Waals surface area contributed by atoms with E-state index in [1.165, 1.54) is 60.4 Å². The van der Waals surface area contributed by atoms with Crippen LogP contribution in [0.15, 0.2) is 46.4 Å². The predicted molar refractivity (Wildman–Crippen MR) is 180 cm³/mol. The molecule has 2 aromatic heterocycles. The number of hydrogen-bond acceptors (Lipinski definition) is 15. The molecule has 2 N–H and O–H groups in total. The smallest absolute Gasteiger partial charge is 0.411 e. The number of phenols is 1. The Bertz CT molecular complexity index is 1800. The van der Waals surface area contributed by atoms with Crippen LogP contribution in [0.4, 0.5) is 10.5 Å². The number of esters is 2. The summed E-state index contributed by atoms with van der Waals surface area (Å²) in [5.74, 6) is 0.999. The van der Waals surface area contributed by atoms with Gasteiger partial charge in [0.25, 0.3) is 0 Å². The summed E-state index contributed by atoms with van der Waals surface area (Å²) in [6.07, 6.45) is -0.473. The molecule has 0 aliphatic carbocycles. The summed E-state index contributed by atoms with van der Waals surface area (Å²) in [5, 5.41) is 15.2. The largest absolute Gasteiger partial charge is 0.508 e. The van der Waals surface area contributed by atoms with Crippen molar-refractivity contribution in [3.63, 3.8) is 0 Å². The molecule has 2 aliphatic rings. The van der Waals surface area contributed by atoms with Gasteiger partial charge in [0, 0.05) is 17.2 Å². The SMILES string of the molecule is COC(=O)[C@@H]1CSC(c2nc3ccc(O)cc3s2)=N1.COC(=O)[C@H]1CSC(c2nc3ccc(NC(=O)OCC(C)C)cc3s2)=N1. The van der Waals surface area contributed by atoms with Crippen LogP contribution in [0.5, 0.6) is 5.75 Å². The van der Waals surface area contributed by atoms with Gasteiger partial charge >= 0.3 is 18.0 Å². The number of carbonyl (C=O) groups is 3. The van der Waals surface area contributed by atoms with Crippen molar-refractivity contribution in [2.75, 3.05) is 37.6 Å². The van der Waals surface area contributed by atoms with E-state index in [0.717, 1.165) is 40.5 Å². The van der Waals surface area contributed by atoms with Crippen molar-refractivity contribution in [1.29, 1.82) is 0 Å². The third-order valence-electron chi connectivity index (χ3n) is 6.17. The molecule has 0 bridgehead atoms. The van der Waals surface area contributed by atoms with Crippen LogP contribution in [0.3, 0.4) is 0 Å². The number of amides is 1. The Morgan fingerprint density at radius 2 is 1.40 bits per heavy atom. The predicted octanol–water partition coefficient (Wildman–Crippen LogP) is 5.57. The van der Waals surface area contributed by atoms with Crippen LogP contribution in [0.1, 0.15) is 23.9 Å². The van der Waals surface area contributed by atoms with Crippen molar-refractivity contribution < 1.29 is 33.7 Å². The first-order valence-corrected chi connectivity index (χ1v) is 17.3. The van der Waals surface area contributed by atoms with E-state index in [1.54, 1.807) is 24.3 Å². The van der Waals surface area contributed by atoms with Gasteiger partial charge in [0.05, 0.1) is 41.3 Å². The maximum absolute atomic E-state index is 11.8. The Labute approximate surface area is 274 Å². The summed E-state index contributed by atoms with van der Waals surface area (Å²) in [7, 11) is 2.72. The van der Waals surface area contributed by atoms with Crippen LogP contribution < -0.4 is 5.32 Å². The lowest BCUT2D eigenvalue weighted by Crippen LogP contribution is -2.19. The molecule has 236 valence electrons. The minimum absolute atomic E-state index is 0.219. The number of thiazole rings is 2. The summed E-state index contributed by atoms with van der Waals surface area (Å²) in [5.41, 5.74) is 2.29. The van der Waals surface area contributed by atoms with Crippen molar-refractivity contribution in [2.24, 2.45) is 15.9 Å². The van der Waals surface area contributed by atoms with Gasteiger partial charge in [-0.2, -0.15) is 0 Å². The van der Waals surface area contributed by atoms with Crippen molar-refractivity contribution in [2.45, 2.75) is 25.9 Å². The number of phenolic OH excluding ortho intramolecular Hbond substituents is 1. The Kier molecular flexibility index (Phi) is 10.6. The number of carbonyl (C=O) groups excluding carboxylic acids is 3. The van der Waals surface area contributed by atoms with Gasteiger partial charge in [0.15, 0.2) is 12.1 Å². The van der Waals surface area contributed by atoms with Gasteiger partial charge < -0.3 is 19.3 Å². The molecule has 16 heteroatoms. The maximum Gasteiger partial charge on any atom is 0.411 e. The van der Waals surface area contributed by atoms with Gasteiger partial charge in [-0.25, -0.2) is 24.4 Å². The Morgan fingerprint density at radius 3 is 1.93 bits per heavy atom. The monoisotopic (exact) mass is 687 g/mol. The molecule has 45 heavy (non-hydrogen) atoms. The second-order valence-corrected chi connectivity index (χ2v) is 14.1. The lowest BCUT2D eigenvalue weighted by Gasteiger charge is -2.08. The Hall–Kier alpha value is -3.73. The highest BCUT2D eigenvalue weighted by atomic mass is 32.2. The molecular weight excluding hydrogens is 659 g/mol. The van der Waals surface area contributed by atoms with Crippen molar-refractivity contribution >= 4 is 100 Å². The van der Waals surface area contributed by atoms with Gasteiger partial charge in [-0.05, 0) is 42.3 Å². The van der Waals surface area contributed by atoms with Crippen LogP contribution >= 0.6 is 46.2 Å². The minimum Gasteiger partial charge on any atom is -0.508 e. The van der Waals surface area contributed by atoms with E-state index in [2.05, 4.69) is 30.0 Å². The van der Waals surface area contributed by atoms with E-state index in [4.69, 9.17) is 9.47 Å². The molecule has 0 saturated heterocycles. The first kappa shape index (κ1) is 32.7. The van der Waals surface area contributed by atoms with E-state index in [0.29, 0.717) is 23.8 Å². The minimum atomic E-state index is -0.473. The zero-order valence-corrected chi connectivity index (χ0v) is 27.9. The standard InChI is InChI=1S/C17H19N3O4S2.C12H10N2O3S2/c1-9(2)7-24-17(22)18-10-4-5-11-13(6-10)26-15(19-11)14-20-12(8-25-14)16(21)23-3;1-17-12(16)8-5-18-10(14-8)11-13-7-3-2-6(15)4-9(7)19-11/h4-6,9,12H,7-8H2,1-3H3,(H,18,22);2-4,8,15H,5H2,1H3/t12-;8-/m10/s1. The third kappa shape index (κ3) is 8.11. The van der Waals surface area contributed by atoms with Crippen LogP contribution in [-0.2, 0) is 23.8 Å². The van der Waals surface area contributed by atoms with Crippen LogP contribution in [0.2, 0.25) is 0 Å². The lowest BCUT2D eigenvalue weighted by molar-refractivity contribution is -0.142. The Morgan fingerprint density at radius 1 is 0.867 bits per heavy atom. The van der Waals surface area contributed by atoms with Gasteiger partial charge in [0.2, 0.25) is 0 Å². The normalized spacial score (nSPS) is 17.4. The molecule has 0 saturated carbocycles. The second-order valence-electron chi connectivity index (χ2n) is 10.1. The molecule has 0 spiro atoms. The number of nitrogens with one attached hydrogen (secondary N) is 1. The molecule has 4 aromatic rings. The maximum atomic E-state index is 11.8. The fraction of sp³-hybridized carbons (Fsp3) is 0.345. The highest BCUT2D eigenvalue weighted by Crippen LogP contribution is 2.33. The van der Waals surface area contributed by atoms with Gasteiger partial charge in [-0.3, -0.25) is 15.3 Å². The average Bonchev–Trinajstić information content (AvgIpc) is 3.84. The fourth-order valence-corrected chi connectivity index (χ4v) is 8.18. The van der Waals surface area contributed by atoms with E-state index < -0.39 is 18.2 Å². The van der Waals surface area contributed by atoms with E-state index in [-0.39, 0.29) is 23.6 Å². The van der Waals surface area contributed by atoms with E-state index in [9.17, 15) is 19.5 Å². The number of anilines is 1. The summed E-state index contributed by atoms with van der Waals surface area (Å²) in [4.78, 5) is 52.6. The van der Waals surface area contributed by atoms with Crippen LogP contribution in [0, 0.1) is 5.92 Å². The highest BCUT2D eigenvalue weighted by molar-refractivity contribution is 8.15. The van der Waals surface area contributed by atoms with E-state index >= 15 is 0 Å². The molecule has 4 heterocycles. The number of thioether (sulfide) groups is 2. The number of aromatic hydroxyl groups is 1. The third-order valence-corrected chi connectivity index (χ3v) is 10.6. The summed E-state index contributed by atoms with van der Waals surface area (Å²) >= 11 is 5.92. The van der Waals surface area contributed by atoms with Gasteiger partial charge in [-0.1, -0.05) is 13.8 Å². The average molecular weight is 688 g/mol. The molecule has 1 amide bonds. The number of methoxy groups -OCH3 is 2. The number of ether oxygens (including phenoxy) is 3. The number of nitrogens with zero attached hydrogens (tertiary/aromatic N) is 4. The number of rotatable bonds is 7. The number of fused-ring (bicyclic) bond motifs is 2. The molecule has 2 aliphatic heterocycles. The highest BCUT2D eigenvalue weighted by Gasteiger charge is 2.29. The molecule has 0 fully saturated rings. The lowest BCUT2D eigenvalue weighted by atomic mass is 10.2. The van der Waals surface area contributed by atoms with Crippen LogP contribution in [-0.4, -0.2) is 87.6 Å². The van der Waals surface area contributed by atoms with Crippen molar-refractivity contribution in [3.8, 4) is 5.75 Å². The van der Waals surface area contributed by atoms with Crippen molar-refractivity contribution in [1.82, 2.24) is 9.97 Å². The molecule has 2 atom stereocenters. The number of hydrogen-bond donors (Lipinski definition) is 2. The molecule has 0 unspecified atom stereocenters. The zero-order valence-electron chi connectivity index (χ0n) is 24.6. The summed E-state index contributed by atoms with van der Waals surface area (Å²) < 4.78 is 16.4. The fourth-order valence-electron chi connectivity index (χ4n) is 3.99. The molecule has 2 aromatic carbocycles. The molecule has 0 radical (unpaired) electrons. The van der Waals surface area contributed by atoms with E-state index in [1.807, 2.05) is 26.0 Å². The quantitative estimate of drug-likeness (QED) is 0.185. The number of aliphatic imine (C=N–C) groups is 2. The first-order valence-electron chi connectivity index (χ1n) is 13.6. The van der Waals surface area contributed by atoms with Gasteiger partial charge in [0.1, 0.15) is 25.9 Å².